The number of hydrogen-bond donors (Lipinski definition) is 1. The molecule has 2 saturated heterocycles. The largest absolute Gasteiger partial charge is 0.330 e. The number of rotatable bonds is 1. The van der Waals surface area contributed by atoms with Crippen LogP contribution in [0, 0.1) is 11.8 Å². The number of likely N-dealkylation sites (tertiary alicyclic amines) is 2. The molecule has 4 heteroatoms. The maximum atomic E-state index is 12.3. The van der Waals surface area contributed by atoms with Gasteiger partial charge in [0.25, 0.3) is 0 Å². The van der Waals surface area contributed by atoms with E-state index >= 15 is 0 Å². The normalized spacial score (nSPS) is 27.3. The summed E-state index contributed by atoms with van der Waals surface area (Å²) in [6, 6.07) is 0.257. The molecule has 98 valence electrons. The van der Waals surface area contributed by atoms with E-state index in [0.29, 0.717) is 11.8 Å². The number of urea groups is 1. The molecule has 0 saturated carbocycles. The minimum absolute atomic E-state index is 0.257. The third-order valence-electron chi connectivity index (χ3n) is 4.15. The summed E-state index contributed by atoms with van der Waals surface area (Å²) in [6.07, 6.45) is 4.57. The van der Waals surface area contributed by atoms with Crippen LogP contribution in [0.4, 0.5) is 4.79 Å². The maximum Gasteiger partial charge on any atom is 0.320 e. The Balaban J connectivity index is 1.83. The Kier molecular flexibility index (Phi) is 4.26. The van der Waals surface area contributed by atoms with E-state index in [1.165, 1.54) is 6.42 Å². The summed E-state index contributed by atoms with van der Waals surface area (Å²) in [4.78, 5) is 16.4. The summed E-state index contributed by atoms with van der Waals surface area (Å²) in [7, 11) is 0. The smallest absolute Gasteiger partial charge is 0.320 e. The fourth-order valence-electron chi connectivity index (χ4n) is 2.92. The first-order chi connectivity index (χ1) is 8.20. The lowest BCUT2D eigenvalue weighted by Crippen LogP contribution is -2.50. The van der Waals surface area contributed by atoms with Gasteiger partial charge in [-0.3, -0.25) is 0 Å². The van der Waals surface area contributed by atoms with Gasteiger partial charge in [-0.25, -0.2) is 4.79 Å². The van der Waals surface area contributed by atoms with Gasteiger partial charge in [-0.05, 0) is 44.1 Å². The molecule has 0 aromatic carbocycles. The maximum absolute atomic E-state index is 12.3. The molecule has 2 rings (SSSR count). The predicted octanol–water partition coefficient (Wildman–Crippen LogP) is 1.51. The number of piperidine rings is 2. The number of nitrogens with two attached hydrogens (primary N) is 1. The summed E-state index contributed by atoms with van der Waals surface area (Å²) < 4.78 is 0. The highest BCUT2D eigenvalue weighted by Gasteiger charge is 2.28. The number of nitrogens with zero attached hydrogens (tertiary/aromatic N) is 2. The van der Waals surface area contributed by atoms with Gasteiger partial charge < -0.3 is 15.5 Å². The molecule has 2 aliphatic rings. The van der Waals surface area contributed by atoms with Crippen LogP contribution < -0.4 is 5.73 Å². The van der Waals surface area contributed by atoms with Gasteiger partial charge in [-0.2, -0.15) is 0 Å². The Morgan fingerprint density at radius 1 is 1.18 bits per heavy atom. The van der Waals surface area contributed by atoms with E-state index in [1.54, 1.807) is 0 Å². The van der Waals surface area contributed by atoms with Gasteiger partial charge in [0.1, 0.15) is 0 Å². The van der Waals surface area contributed by atoms with Crippen molar-refractivity contribution in [1.29, 1.82) is 0 Å². The fourth-order valence-corrected chi connectivity index (χ4v) is 2.92. The van der Waals surface area contributed by atoms with Crippen LogP contribution in [0.3, 0.4) is 0 Å². The van der Waals surface area contributed by atoms with Crippen LogP contribution in [-0.4, -0.2) is 48.6 Å². The van der Waals surface area contributed by atoms with E-state index in [-0.39, 0.29) is 6.03 Å². The van der Waals surface area contributed by atoms with Crippen molar-refractivity contribution >= 4 is 6.03 Å². The van der Waals surface area contributed by atoms with E-state index in [2.05, 4.69) is 6.92 Å². The Labute approximate surface area is 104 Å². The summed E-state index contributed by atoms with van der Waals surface area (Å²) in [5.74, 6) is 1.29. The van der Waals surface area contributed by atoms with Gasteiger partial charge in [-0.15, -0.1) is 0 Å². The van der Waals surface area contributed by atoms with Crippen molar-refractivity contribution in [3.05, 3.63) is 0 Å². The zero-order valence-corrected chi connectivity index (χ0v) is 10.9. The highest BCUT2D eigenvalue weighted by molar-refractivity contribution is 5.74. The Morgan fingerprint density at radius 2 is 1.88 bits per heavy atom. The minimum Gasteiger partial charge on any atom is -0.330 e. The van der Waals surface area contributed by atoms with E-state index < -0.39 is 0 Å². The van der Waals surface area contributed by atoms with Crippen molar-refractivity contribution in [2.75, 3.05) is 32.7 Å². The average Bonchev–Trinajstić information content (AvgIpc) is 2.38. The van der Waals surface area contributed by atoms with Gasteiger partial charge in [-0.1, -0.05) is 6.92 Å². The van der Waals surface area contributed by atoms with Crippen molar-refractivity contribution in [1.82, 2.24) is 9.80 Å². The quantitative estimate of drug-likeness (QED) is 0.754. The second-order valence-corrected chi connectivity index (χ2v) is 5.64. The van der Waals surface area contributed by atoms with Crippen LogP contribution in [0.2, 0.25) is 0 Å². The number of carbonyl (C=O) groups excluding carboxylic acids is 1. The molecule has 0 bridgehead atoms. The number of carbonyl (C=O) groups is 1. The topological polar surface area (TPSA) is 49.6 Å². The fraction of sp³-hybridized carbons (Fsp3) is 0.923. The molecule has 2 N–H and O–H groups in total. The zero-order valence-electron chi connectivity index (χ0n) is 10.9. The molecule has 4 nitrogen and oxygen atoms in total. The first kappa shape index (κ1) is 12.7. The monoisotopic (exact) mass is 239 g/mol. The summed E-state index contributed by atoms with van der Waals surface area (Å²) >= 11 is 0. The van der Waals surface area contributed by atoms with Gasteiger partial charge in [0.15, 0.2) is 0 Å². The lowest BCUT2D eigenvalue weighted by molar-refractivity contribution is 0.116. The third kappa shape index (κ3) is 3.12. The highest BCUT2D eigenvalue weighted by atomic mass is 16.2. The van der Waals surface area contributed by atoms with E-state index in [1.807, 2.05) is 9.80 Å². The zero-order chi connectivity index (χ0) is 12.3. The number of amides is 2. The summed E-state index contributed by atoms with van der Waals surface area (Å²) in [5.41, 5.74) is 5.67. The molecule has 1 atom stereocenters. The third-order valence-corrected chi connectivity index (χ3v) is 4.15. The van der Waals surface area contributed by atoms with Crippen LogP contribution in [-0.2, 0) is 0 Å². The Morgan fingerprint density at radius 3 is 2.47 bits per heavy atom. The molecule has 2 aliphatic heterocycles. The molecular formula is C13H25N3O. The molecule has 2 amide bonds. The van der Waals surface area contributed by atoms with Crippen LogP contribution >= 0.6 is 0 Å². The summed E-state index contributed by atoms with van der Waals surface area (Å²) in [6.45, 7) is 6.68. The lowest BCUT2D eigenvalue weighted by Gasteiger charge is -2.38. The SMILES string of the molecule is CC1CCCN(C(=O)N2CCC(CN)CC2)C1. The number of hydrogen-bond acceptors (Lipinski definition) is 2. The molecule has 0 aromatic heterocycles. The molecule has 17 heavy (non-hydrogen) atoms. The molecule has 0 aromatic rings. The van der Waals surface area contributed by atoms with Gasteiger partial charge in [0, 0.05) is 26.2 Å². The Bertz CT molecular complexity index is 261. The van der Waals surface area contributed by atoms with Crippen molar-refractivity contribution in [2.45, 2.75) is 32.6 Å². The summed E-state index contributed by atoms with van der Waals surface area (Å²) in [5, 5.41) is 0. The molecule has 0 radical (unpaired) electrons. The first-order valence-corrected chi connectivity index (χ1v) is 6.94. The van der Waals surface area contributed by atoms with Crippen molar-refractivity contribution in [2.24, 2.45) is 17.6 Å². The van der Waals surface area contributed by atoms with Crippen molar-refractivity contribution in [3.63, 3.8) is 0 Å². The van der Waals surface area contributed by atoms with Crippen LogP contribution in [0.25, 0.3) is 0 Å². The van der Waals surface area contributed by atoms with E-state index in [4.69, 9.17) is 5.73 Å². The molecule has 0 spiro atoms. The lowest BCUT2D eigenvalue weighted by atomic mass is 9.97. The molecule has 0 aliphatic carbocycles. The van der Waals surface area contributed by atoms with Gasteiger partial charge in [0.2, 0.25) is 0 Å². The van der Waals surface area contributed by atoms with Crippen molar-refractivity contribution in [3.8, 4) is 0 Å². The van der Waals surface area contributed by atoms with Crippen LogP contribution in [0.1, 0.15) is 32.6 Å². The standard InChI is InChI=1S/C13H25N3O/c1-11-3-2-6-16(10-11)13(17)15-7-4-12(9-14)5-8-15/h11-12H,2-10,14H2,1H3. The molecule has 2 fully saturated rings. The predicted molar refractivity (Wildman–Crippen MR) is 68.7 cm³/mol. The van der Waals surface area contributed by atoms with Crippen LogP contribution in [0.5, 0.6) is 0 Å². The second kappa shape index (κ2) is 5.71. The van der Waals surface area contributed by atoms with E-state index in [9.17, 15) is 4.79 Å². The highest BCUT2D eigenvalue weighted by Crippen LogP contribution is 2.20. The average molecular weight is 239 g/mol. The van der Waals surface area contributed by atoms with Gasteiger partial charge in [0.05, 0.1) is 0 Å². The second-order valence-electron chi connectivity index (χ2n) is 5.64. The van der Waals surface area contributed by atoms with Gasteiger partial charge >= 0.3 is 6.03 Å². The van der Waals surface area contributed by atoms with Crippen LogP contribution in [0.15, 0.2) is 0 Å². The molecule has 1 unspecified atom stereocenters. The Hall–Kier alpha value is -0.770. The van der Waals surface area contributed by atoms with Crippen molar-refractivity contribution < 1.29 is 4.79 Å². The van der Waals surface area contributed by atoms with E-state index in [0.717, 1.165) is 52.0 Å². The minimum atomic E-state index is 0.257. The first-order valence-electron chi connectivity index (χ1n) is 6.94. The molecule has 2 heterocycles. The molecular weight excluding hydrogens is 214 g/mol.